The molecule has 0 unspecified atom stereocenters. The lowest BCUT2D eigenvalue weighted by Gasteiger charge is -2.09. The van der Waals surface area contributed by atoms with Gasteiger partial charge < -0.3 is 5.32 Å². The summed E-state index contributed by atoms with van der Waals surface area (Å²) in [4.78, 5) is 0.282. The number of nitrogens with one attached hydrogen (secondary N) is 1. The van der Waals surface area contributed by atoms with Gasteiger partial charge in [-0.2, -0.15) is 5.26 Å². The smallest absolute Gasteiger partial charge is 0.175 e. The van der Waals surface area contributed by atoms with Crippen LogP contribution < -0.4 is 5.32 Å². The molecular formula is C15H13ClN2O2S. The number of rotatable bonds is 4. The summed E-state index contributed by atoms with van der Waals surface area (Å²) in [7, 11) is -3.18. The van der Waals surface area contributed by atoms with Crippen molar-refractivity contribution in [1.82, 2.24) is 0 Å². The van der Waals surface area contributed by atoms with Crippen LogP contribution in [0.25, 0.3) is 0 Å². The second-order valence-electron chi connectivity index (χ2n) is 4.57. The van der Waals surface area contributed by atoms with Gasteiger partial charge in [0.05, 0.1) is 16.5 Å². The maximum atomic E-state index is 11.4. The van der Waals surface area contributed by atoms with Gasteiger partial charge in [0.1, 0.15) is 0 Å². The fourth-order valence-corrected chi connectivity index (χ4v) is 2.66. The molecule has 108 valence electrons. The zero-order chi connectivity index (χ0) is 15.5. The Hall–Kier alpha value is -2.03. The summed E-state index contributed by atoms with van der Waals surface area (Å²) in [5.41, 5.74) is 2.17. The monoisotopic (exact) mass is 320 g/mol. The molecule has 2 aromatic carbocycles. The van der Waals surface area contributed by atoms with Gasteiger partial charge in [-0.25, -0.2) is 8.42 Å². The van der Waals surface area contributed by atoms with Crippen LogP contribution in [0.3, 0.4) is 0 Å². The first-order valence-corrected chi connectivity index (χ1v) is 8.39. The van der Waals surface area contributed by atoms with Crippen molar-refractivity contribution in [1.29, 1.82) is 5.26 Å². The van der Waals surface area contributed by atoms with Gasteiger partial charge in [-0.15, -0.1) is 0 Å². The highest BCUT2D eigenvalue weighted by atomic mass is 35.5. The second-order valence-corrected chi connectivity index (χ2v) is 6.99. The van der Waals surface area contributed by atoms with Crippen LogP contribution in [0.1, 0.15) is 11.1 Å². The van der Waals surface area contributed by atoms with Crippen LogP contribution in [0.2, 0.25) is 5.02 Å². The Labute approximate surface area is 128 Å². The standard InChI is InChI=1S/C15H13ClN2O2S/c1-21(19,20)14-6-4-13(5-7-14)18-10-12-3-2-11(9-17)8-15(12)16/h2-8,18H,10H2,1H3. The Kier molecular flexibility index (Phi) is 4.51. The third-order valence-electron chi connectivity index (χ3n) is 2.95. The molecule has 0 bridgehead atoms. The summed E-state index contributed by atoms with van der Waals surface area (Å²) < 4.78 is 22.7. The summed E-state index contributed by atoms with van der Waals surface area (Å²) in [5.74, 6) is 0. The Bertz CT molecular complexity index is 793. The minimum Gasteiger partial charge on any atom is -0.381 e. The normalized spacial score (nSPS) is 10.9. The molecule has 0 spiro atoms. The van der Waals surface area contributed by atoms with Crippen molar-refractivity contribution in [2.24, 2.45) is 0 Å². The number of nitriles is 1. The quantitative estimate of drug-likeness (QED) is 0.939. The van der Waals surface area contributed by atoms with Crippen molar-refractivity contribution in [3.8, 4) is 6.07 Å². The molecule has 0 radical (unpaired) electrons. The summed E-state index contributed by atoms with van der Waals surface area (Å²) in [6, 6.07) is 13.7. The number of hydrogen-bond donors (Lipinski definition) is 1. The van der Waals surface area contributed by atoms with E-state index in [1.807, 2.05) is 6.07 Å². The van der Waals surface area contributed by atoms with E-state index in [0.29, 0.717) is 17.1 Å². The first-order valence-electron chi connectivity index (χ1n) is 6.12. The van der Waals surface area contributed by atoms with Gasteiger partial charge in [-0.1, -0.05) is 17.7 Å². The number of benzene rings is 2. The van der Waals surface area contributed by atoms with E-state index < -0.39 is 9.84 Å². The molecule has 0 amide bonds. The first-order chi connectivity index (χ1) is 9.90. The zero-order valence-corrected chi connectivity index (χ0v) is 12.9. The van der Waals surface area contributed by atoms with E-state index in [4.69, 9.17) is 16.9 Å². The Balaban J connectivity index is 2.09. The number of sulfone groups is 1. The minimum atomic E-state index is -3.18. The van der Waals surface area contributed by atoms with Gasteiger partial charge in [0.25, 0.3) is 0 Å². The molecular weight excluding hydrogens is 308 g/mol. The first kappa shape index (κ1) is 15.4. The molecule has 0 saturated carbocycles. The van der Waals surface area contributed by atoms with E-state index >= 15 is 0 Å². The van der Waals surface area contributed by atoms with Crippen molar-refractivity contribution in [2.45, 2.75) is 11.4 Å². The number of halogens is 1. The molecule has 0 aliphatic rings. The average Bonchev–Trinajstić information content (AvgIpc) is 2.45. The van der Waals surface area contributed by atoms with E-state index in [0.717, 1.165) is 11.3 Å². The van der Waals surface area contributed by atoms with E-state index in [9.17, 15) is 8.42 Å². The fraction of sp³-hybridized carbons (Fsp3) is 0.133. The zero-order valence-electron chi connectivity index (χ0n) is 11.3. The van der Waals surface area contributed by atoms with Crippen LogP contribution in [0, 0.1) is 11.3 Å². The lowest BCUT2D eigenvalue weighted by molar-refractivity contribution is 0.602. The molecule has 6 heteroatoms. The van der Waals surface area contributed by atoms with Gasteiger partial charge in [0.15, 0.2) is 9.84 Å². The number of anilines is 1. The molecule has 0 aromatic heterocycles. The van der Waals surface area contributed by atoms with E-state index in [2.05, 4.69) is 5.32 Å². The van der Waals surface area contributed by atoms with Crippen molar-refractivity contribution >= 4 is 27.1 Å². The maximum absolute atomic E-state index is 11.4. The lowest BCUT2D eigenvalue weighted by Crippen LogP contribution is -2.01. The molecule has 0 atom stereocenters. The highest BCUT2D eigenvalue weighted by molar-refractivity contribution is 7.90. The van der Waals surface area contributed by atoms with Gasteiger partial charge in [-0.05, 0) is 42.0 Å². The van der Waals surface area contributed by atoms with Crippen molar-refractivity contribution in [2.75, 3.05) is 11.6 Å². The molecule has 0 saturated heterocycles. The molecule has 0 heterocycles. The van der Waals surface area contributed by atoms with Crippen LogP contribution in [0.5, 0.6) is 0 Å². The number of nitrogens with zero attached hydrogens (tertiary/aromatic N) is 1. The van der Waals surface area contributed by atoms with Crippen LogP contribution in [0.4, 0.5) is 5.69 Å². The molecule has 21 heavy (non-hydrogen) atoms. The molecule has 0 fully saturated rings. The SMILES string of the molecule is CS(=O)(=O)c1ccc(NCc2ccc(C#N)cc2Cl)cc1. The molecule has 2 aromatic rings. The Morgan fingerprint density at radius 3 is 2.38 bits per heavy atom. The number of hydrogen-bond acceptors (Lipinski definition) is 4. The highest BCUT2D eigenvalue weighted by Crippen LogP contribution is 2.20. The molecule has 0 aliphatic heterocycles. The molecule has 0 aliphatic carbocycles. The summed E-state index contributed by atoms with van der Waals surface area (Å²) >= 11 is 6.09. The predicted octanol–water partition coefficient (Wildman–Crippen LogP) is 3.23. The second kappa shape index (κ2) is 6.17. The van der Waals surface area contributed by atoms with Gasteiger partial charge in [-0.3, -0.25) is 0 Å². The topological polar surface area (TPSA) is 70.0 Å². The molecule has 4 nitrogen and oxygen atoms in total. The maximum Gasteiger partial charge on any atom is 0.175 e. The van der Waals surface area contributed by atoms with Gasteiger partial charge >= 0.3 is 0 Å². The summed E-state index contributed by atoms with van der Waals surface area (Å²) in [6.07, 6.45) is 1.17. The van der Waals surface area contributed by atoms with Crippen molar-refractivity contribution < 1.29 is 8.42 Å². The van der Waals surface area contributed by atoms with Gasteiger partial charge in [0, 0.05) is 23.5 Å². The van der Waals surface area contributed by atoms with Crippen molar-refractivity contribution in [3.05, 3.63) is 58.6 Å². The van der Waals surface area contributed by atoms with Crippen LogP contribution in [-0.2, 0) is 16.4 Å². The molecule has 2 rings (SSSR count). The summed E-state index contributed by atoms with van der Waals surface area (Å²) in [5, 5.41) is 12.5. The van der Waals surface area contributed by atoms with Crippen molar-refractivity contribution in [3.63, 3.8) is 0 Å². The minimum absolute atomic E-state index is 0.282. The van der Waals surface area contributed by atoms with E-state index in [1.165, 1.54) is 6.26 Å². The van der Waals surface area contributed by atoms with Crippen LogP contribution in [0.15, 0.2) is 47.4 Å². The lowest BCUT2D eigenvalue weighted by atomic mass is 10.1. The highest BCUT2D eigenvalue weighted by Gasteiger charge is 2.06. The molecule has 1 N–H and O–H groups in total. The third kappa shape index (κ3) is 3.97. The van der Waals surface area contributed by atoms with Gasteiger partial charge in [0.2, 0.25) is 0 Å². The largest absolute Gasteiger partial charge is 0.381 e. The van der Waals surface area contributed by atoms with E-state index in [1.54, 1.807) is 42.5 Å². The fourth-order valence-electron chi connectivity index (χ4n) is 1.78. The van der Waals surface area contributed by atoms with Crippen LogP contribution in [-0.4, -0.2) is 14.7 Å². The van der Waals surface area contributed by atoms with E-state index in [-0.39, 0.29) is 4.90 Å². The predicted molar refractivity (Wildman–Crippen MR) is 83.0 cm³/mol. The summed E-state index contributed by atoms with van der Waals surface area (Å²) in [6.45, 7) is 0.489. The Morgan fingerprint density at radius 1 is 1.19 bits per heavy atom. The Morgan fingerprint density at radius 2 is 1.86 bits per heavy atom. The van der Waals surface area contributed by atoms with Crippen LogP contribution >= 0.6 is 11.6 Å². The average molecular weight is 321 g/mol. The third-order valence-corrected chi connectivity index (χ3v) is 4.43.